The van der Waals surface area contributed by atoms with Crippen molar-refractivity contribution in [3.8, 4) is 5.75 Å². The third-order valence-corrected chi connectivity index (χ3v) is 4.58. The number of carbonyl (C=O) groups excluding carboxylic acids is 2. The van der Waals surface area contributed by atoms with Crippen LogP contribution < -0.4 is 15.8 Å². The number of ether oxygens (including phenoxy) is 1. The number of nitrogens with one attached hydrogen (secondary N) is 1. The SMILES string of the molecule is CCn1cc(NC(=O)c2cccc(COc3ccc(Cl)cc3Cl)c2)c(C(N)=O)n1. The van der Waals surface area contributed by atoms with Crippen LogP contribution in [0, 0.1) is 0 Å². The van der Waals surface area contributed by atoms with E-state index < -0.39 is 11.8 Å². The van der Waals surface area contributed by atoms with Crippen LogP contribution in [0.15, 0.2) is 48.7 Å². The van der Waals surface area contributed by atoms with Crippen molar-refractivity contribution in [1.29, 1.82) is 0 Å². The molecule has 0 unspecified atom stereocenters. The van der Waals surface area contributed by atoms with Gasteiger partial charge in [-0.25, -0.2) is 0 Å². The topological polar surface area (TPSA) is 99.2 Å². The van der Waals surface area contributed by atoms with Crippen molar-refractivity contribution in [2.24, 2.45) is 5.73 Å². The summed E-state index contributed by atoms with van der Waals surface area (Å²) < 4.78 is 7.23. The molecular formula is C20H18Cl2N4O3. The molecule has 0 saturated carbocycles. The Hall–Kier alpha value is -3.03. The highest BCUT2D eigenvalue weighted by molar-refractivity contribution is 6.35. The standard InChI is InChI=1S/C20H18Cl2N4O3/c1-2-26-10-16(18(25-26)19(23)27)24-20(28)13-5-3-4-12(8-13)11-29-17-7-6-14(21)9-15(17)22/h3-10H,2,11H2,1H3,(H2,23,27)(H,24,28). The molecule has 0 bridgehead atoms. The number of nitrogens with zero attached hydrogens (tertiary/aromatic N) is 2. The first-order valence-electron chi connectivity index (χ1n) is 8.72. The molecular weight excluding hydrogens is 415 g/mol. The summed E-state index contributed by atoms with van der Waals surface area (Å²) in [6.45, 7) is 2.61. The molecule has 0 spiro atoms. The number of halogens is 2. The Labute approximate surface area is 177 Å². The van der Waals surface area contributed by atoms with Gasteiger partial charge in [-0.1, -0.05) is 35.3 Å². The van der Waals surface area contributed by atoms with E-state index in [-0.39, 0.29) is 18.0 Å². The fraction of sp³-hybridized carbons (Fsp3) is 0.150. The maximum Gasteiger partial charge on any atom is 0.271 e. The van der Waals surface area contributed by atoms with Gasteiger partial charge in [0, 0.05) is 23.3 Å². The molecule has 29 heavy (non-hydrogen) atoms. The summed E-state index contributed by atoms with van der Waals surface area (Å²) in [4.78, 5) is 24.2. The fourth-order valence-electron chi connectivity index (χ4n) is 2.61. The van der Waals surface area contributed by atoms with Gasteiger partial charge in [0.1, 0.15) is 12.4 Å². The lowest BCUT2D eigenvalue weighted by Crippen LogP contribution is -2.18. The van der Waals surface area contributed by atoms with Crippen molar-refractivity contribution in [3.63, 3.8) is 0 Å². The lowest BCUT2D eigenvalue weighted by molar-refractivity contribution is 0.0995. The predicted molar refractivity (Wildman–Crippen MR) is 112 cm³/mol. The molecule has 150 valence electrons. The summed E-state index contributed by atoms with van der Waals surface area (Å²) in [5.41, 5.74) is 6.77. The Morgan fingerprint density at radius 3 is 2.69 bits per heavy atom. The minimum atomic E-state index is -0.713. The highest BCUT2D eigenvalue weighted by Crippen LogP contribution is 2.28. The molecule has 9 heteroatoms. The Morgan fingerprint density at radius 1 is 1.21 bits per heavy atom. The Kier molecular flexibility index (Phi) is 6.41. The highest BCUT2D eigenvalue weighted by Gasteiger charge is 2.17. The van der Waals surface area contributed by atoms with E-state index in [0.29, 0.717) is 27.9 Å². The van der Waals surface area contributed by atoms with Gasteiger partial charge in [-0.3, -0.25) is 14.3 Å². The normalized spacial score (nSPS) is 10.6. The minimum Gasteiger partial charge on any atom is -0.487 e. The van der Waals surface area contributed by atoms with E-state index in [4.69, 9.17) is 33.7 Å². The van der Waals surface area contributed by atoms with Crippen molar-refractivity contribution in [2.45, 2.75) is 20.1 Å². The van der Waals surface area contributed by atoms with Crippen LogP contribution in [0.3, 0.4) is 0 Å². The third-order valence-electron chi connectivity index (χ3n) is 4.04. The monoisotopic (exact) mass is 432 g/mol. The molecule has 0 radical (unpaired) electrons. The zero-order chi connectivity index (χ0) is 21.0. The molecule has 7 nitrogen and oxygen atoms in total. The lowest BCUT2D eigenvalue weighted by atomic mass is 10.1. The number of rotatable bonds is 7. The van der Waals surface area contributed by atoms with Crippen molar-refractivity contribution >= 4 is 40.7 Å². The summed E-state index contributed by atoms with van der Waals surface area (Å²) in [6.07, 6.45) is 1.56. The van der Waals surface area contributed by atoms with Crippen LogP contribution >= 0.6 is 23.2 Å². The number of anilines is 1. The van der Waals surface area contributed by atoms with E-state index in [1.165, 1.54) is 4.68 Å². The number of amides is 2. The van der Waals surface area contributed by atoms with Crippen molar-refractivity contribution in [2.75, 3.05) is 5.32 Å². The summed E-state index contributed by atoms with van der Waals surface area (Å²) in [5.74, 6) is -0.618. The molecule has 1 aromatic heterocycles. The van der Waals surface area contributed by atoms with E-state index in [9.17, 15) is 9.59 Å². The molecule has 0 saturated heterocycles. The van der Waals surface area contributed by atoms with Crippen LogP contribution in [0.5, 0.6) is 5.75 Å². The van der Waals surface area contributed by atoms with Crippen molar-refractivity contribution < 1.29 is 14.3 Å². The molecule has 2 amide bonds. The van der Waals surface area contributed by atoms with Gasteiger partial charge in [0.2, 0.25) is 0 Å². The van der Waals surface area contributed by atoms with Crippen LogP contribution in [0.4, 0.5) is 5.69 Å². The molecule has 0 aliphatic carbocycles. The van der Waals surface area contributed by atoms with Crippen LogP contribution in [0.2, 0.25) is 10.0 Å². The molecule has 3 aromatic rings. The summed E-state index contributed by atoms with van der Waals surface area (Å²) in [6, 6.07) is 11.9. The van der Waals surface area contributed by atoms with E-state index in [1.807, 2.05) is 13.0 Å². The lowest BCUT2D eigenvalue weighted by Gasteiger charge is -2.10. The Bertz CT molecular complexity index is 1070. The Balaban J connectivity index is 1.73. The quantitative estimate of drug-likeness (QED) is 0.585. The van der Waals surface area contributed by atoms with E-state index in [0.717, 1.165) is 5.56 Å². The van der Waals surface area contributed by atoms with Gasteiger partial charge in [0.15, 0.2) is 5.69 Å². The maximum atomic E-state index is 12.6. The van der Waals surface area contributed by atoms with Gasteiger partial charge in [-0.15, -0.1) is 0 Å². The summed E-state index contributed by atoms with van der Waals surface area (Å²) >= 11 is 12.0. The molecule has 0 aliphatic heterocycles. The second-order valence-electron chi connectivity index (χ2n) is 6.13. The average Bonchev–Trinajstić information content (AvgIpc) is 3.11. The second-order valence-corrected chi connectivity index (χ2v) is 6.97. The number of nitrogens with two attached hydrogens (primary N) is 1. The van der Waals surface area contributed by atoms with Crippen LogP contribution in [0.25, 0.3) is 0 Å². The molecule has 0 aliphatic rings. The fourth-order valence-corrected chi connectivity index (χ4v) is 3.07. The number of benzene rings is 2. The highest BCUT2D eigenvalue weighted by atomic mass is 35.5. The summed E-state index contributed by atoms with van der Waals surface area (Å²) in [7, 11) is 0. The van der Waals surface area contributed by atoms with Gasteiger partial charge in [0.05, 0.1) is 10.7 Å². The number of hydrogen-bond donors (Lipinski definition) is 2. The van der Waals surface area contributed by atoms with Gasteiger partial charge in [-0.2, -0.15) is 5.10 Å². The first kappa shape index (κ1) is 20.7. The van der Waals surface area contributed by atoms with Crippen molar-refractivity contribution in [1.82, 2.24) is 9.78 Å². The first-order valence-corrected chi connectivity index (χ1v) is 9.48. The minimum absolute atomic E-state index is 0.0112. The van der Waals surface area contributed by atoms with E-state index in [1.54, 1.807) is 42.6 Å². The molecule has 0 atom stereocenters. The molecule has 3 N–H and O–H groups in total. The van der Waals surface area contributed by atoms with Crippen molar-refractivity contribution in [3.05, 3.63) is 75.5 Å². The number of aromatic nitrogens is 2. The smallest absolute Gasteiger partial charge is 0.271 e. The second kappa shape index (κ2) is 8.98. The zero-order valence-electron chi connectivity index (χ0n) is 15.5. The van der Waals surface area contributed by atoms with Crippen LogP contribution in [-0.2, 0) is 13.2 Å². The number of hydrogen-bond acceptors (Lipinski definition) is 4. The number of primary amides is 1. The molecule has 3 rings (SSSR count). The summed E-state index contributed by atoms with van der Waals surface area (Å²) in [5, 5.41) is 7.65. The molecule has 2 aromatic carbocycles. The van der Waals surface area contributed by atoms with Gasteiger partial charge in [-0.05, 0) is 42.8 Å². The van der Waals surface area contributed by atoms with E-state index in [2.05, 4.69) is 10.4 Å². The number of aryl methyl sites for hydroxylation is 1. The van der Waals surface area contributed by atoms with Gasteiger partial charge in [0.25, 0.3) is 11.8 Å². The average molecular weight is 433 g/mol. The predicted octanol–water partition coefficient (Wildman–Crippen LogP) is 4.14. The molecule has 1 heterocycles. The van der Waals surface area contributed by atoms with Gasteiger partial charge >= 0.3 is 0 Å². The number of carbonyl (C=O) groups is 2. The maximum absolute atomic E-state index is 12.6. The van der Waals surface area contributed by atoms with Gasteiger partial charge < -0.3 is 15.8 Å². The zero-order valence-corrected chi connectivity index (χ0v) is 17.0. The molecule has 0 fully saturated rings. The van der Waals surface area contributed by atoms with Crippen LogP contribution in [-0.4, -0.2) is 21.6 Å². The van der Waals surface area contributed by atoms with Crippen LogP contribution in [0.1, 0.15) is 33.3 Å². The van der Waals surface area contributed by atoms with E-state index >= 15 is 0 Å². The largest absolute Gasteiger partial charge is 0.487 e. The Morgan fingerprint density at radius 2 is 2.00 bits per heavy atom. The third kappa shape index (κ3) is 5.07. The first-order chi connectivity index (χ1) is 13.9.